The van der Waals surface area contributed by atoms with E-state index in [9.17, 15) is 13.2 Å². The lowest BCUT2D eigenvalue weighted by Crippen LogP contribution is -2.16. The molecule has 0 aliphatic heterocycles. The zero-order valence-corrected chi connectivity index (χ0v) is 14.3. The number of aromatic amines is 1. The van der Waals surface area contributed by atoms with Crippen molar-refractivity contribution in [2.75, 3.05) is 0 Å². The van der Waals surface area contributed by atoms with Gasteiger partial charge in [-0.1, -0.05) is 60.7 Å². The summed E-state index contributed by atoms with van der Waals surface area (Å²) >= 11 is 0. The minimum absolute atomic E-state index is 0.225. The first-order valence-electron chi connectivity index (χ1n) is 8.49. The zero-order chi connectivity index (χ0) is 18.9. The van der Waals surface area contributed by atoms with Crippen LogP contribution in [-0.4, -0.2) is 11.3 Å². The standard InChI is InChI=1S/C22H16F3NO/c23-22(24,25)27-17-11-12-19-18(14-17)21(16-9-5-2-6-10-16)20(26-19)13-15-7-3-1-4-8-15/h1-12,14,26H,13H2. The van der Waals surface area contributed by atoms with Crippen LogP contribution in [0.25, 0.3) is 22.0 Å². The van der Waals surface area contributed by atoms with Crippen LogP contribution in [0.15, 0.2) is 78.9 Å². The number of H-pyrrole nitrogens is 1. The van der Waals surface area contributed by atoms with Crippen LogP contribution in [0, 0.1) is 0 Å². The maximum Gasteiger partial charge on any atom is 0.573 e. The highest BCUT2D eigenvalue weighted by Gasteiger charge is 2.31. The van der Waals surface area contributed by atoms with Crippen molar-refractivity contribution in [3.05, 3.63) is 90.1 Å². The van der Waals surface area contributed by atoms with Crippen LogP contribution in [-0.2, 0) is 6.42 Å². The molecule has 0 atom stereocenters. The van der Waals surface area contributed by atoms with E-state index in [-0.39, 0.29) is 5.75 Å². The van der Waals surface area contributed by atoms with Gasteiger partial charge in [0.05, 0.1) is 0 Å². The maximum atomic E-state index is 12.6. The van der Waals surface area contributed by atoms with Crippen molar-refractivity contribution in [3.8, 4) is 16.9 Å². The Hall–Kier alpha value is -3.21. The summed E-state index contributed by atoms with van der Waals surface area (Å²) in [7, 11) is 0. The van der Waals surface area contributed by atoms with E-state index in [1.54, 1.807) is 6.07 Å². The van der Waals surface area contributed by atoms with Gasteiger partial charge in [0.1, 0.15) is 5.75 Å². The van der Waals surface area contributed by atoms with Crippen LogP contribution < -0.4 is 4.74 Å². The van der Waals surface area contributed by atoms with E-state index in [0.29, 0.717) is 11.8 Å². The van der Waals surface area contributed by atoms with Crippen LogP contribution in [0.2, 0.25) is 0 Å². The van der Waals surface area contributed by atoms with Gasteiger partial charge in [-0.2, -0.15) is 0 Å². The molecule has 3 aromatic carbocycles. The van der Waals surface area contributed by atoms with Crippen molar-refractivity contribution in [2.24, 2.45) is 0 Å². The first kappa shape index (κ1) is 17.2. The fourth-order valence-corrected chi connectivity index (χ4v) is 3.29. The number of halogens is 3. The molecule has 5 heteroatoms. The molecule has 0 fully saturated rings. The van der Waals surface area contributed by atoms with E-state index in [4.69, 9.17) is 0 Å². The van der Waals surface area contributed by atoms with Crippen LogP contribution in [0.3, 0.4) is 0 Å². The SMILES string of the molecule is FC(F)(F)Oc1ccc2[nH]c(Cc3ccccc3)c(-c3ccccc3)c2c1. The number of aromatic nitrogens is 1. The smallest absolute Gasteiger partial charge is 0.406 e. The van der Waals surface area contributed by atoms with Crippen LogP contribution >= 0.6 is 0 Å². The van der Waals surface area contributed by atoms with Gasteiger partial charge >= 0.3 is 6.36 Å². The molecule has 0 amide bonds. The van der Waals surface area contributed by atoms with Crippen molar-refractivity contribution in [2.45, 2.75) is 12.8 Å². The fraction of sp³-hybridized carbons (Fsp3) is 0.0909. The molecule has 1 heterocycles. The number of nitrogens with one attached hydrogen (secondary N) is 1. The molecule has 2 nitrogen and oxygen atoms in total. The zero-order valence-electron chi connectivity index (χ0n) is 14.3. The summed E-state index contributed by atoms with van der Waals surface area (Å²) in [6.45, 7) is 0. The van der Waals surface area contributed by atoms with Gasteiger partial charge in [-0.15, -0.1) is 13.2 Å². The highest BCUT2D eigenvalue weighted by molar-refractivity contribution is 5.98. The lowest BCUT2D eigenvalue weighted by Gasteiger charge is -2.09. The number of hydrogen-bond acceptors (Lipinski definition) is 1. The molecule has 1 aromatic heterocycles. The second-order valence-electron chi connectivity index (χ2n) is 6.26. The summed E-state index contributed by atoms with van der Waals surface area (Å²) in [5, 5.41) is 0.703. The summed E-state index contributed by atoms with van der Waals surface area (Å²) in [5.74, 6) is -0.225. The van der Waals surface area contributed by atoms with Gasteiger partial charge in [0.25, 0.3) is 0 Å². The first-order valence-corrected chi connectivity index (χ1v) is 8.49. The molecule has 0 aliphatic carbocycles. The van der Waals surface area contributed by atoms with E-state index >= 15 is 0 Å². The molecule has 0 aliphatic rings. The Bertz CT molecular complexity index is 1050. The van der Waals surface area contributed by atoms with Crippen molar-refractivity contribution in [1.82, 2.24) is 4.98 Å². The van der Waals surface area contributed by atoms with Crippen molar-refractivity contribution < 1.29 is 17.9 Å². The van der Waals surface area contributed by atoms with Crippen LogP contribution in [0.5, 0.6) is 5.75 Å². The molecule has 0 saturated carbocycles. The largest absolute Gasteiger partial charge is 0.573 e. The number of rotatable bonds is 4. The average Bonchev–Trinajstić information content (AvgIpc) is 2.99. The first-order chi connectivity index (χ1) is 13.0. The summed E-state index contributed by atoms with van der Waals surface area (Å²) < 4.78 is 42.0. The van der Waals surface area contributed by atoms with E-state index in [1.165, 1.54) is 12.1 Å². The topological polar surface area (TPSA) is 25.0 Å². The van der Waals surface area contributed by atoms with Gasteiger partial charge in [0.2, 0.25) is 0 Å². The third-order valence-electron chi connectivity index (χ3n) is 4.37. The minimum atomic E-state index is -4.72. The Morgan fingerprint density at radius 1 is 0.815 bits per heavy atom. The van der Waals surface area contributed by atoms with E-state index in [1.807, 2.05) is 60.7 Å². The number of benzene rings is 3. The van der Waals surface area contributed by atoms with Gasteiger partial charge < -0.3 is 9.72 Å². The molecule has 136 valence electrons. The summed E-state index contributed by atoms with van der Waals surface area (Å²) in [6.07, 6.45) is -4.07. The lowest BCUT2D eigenvalue weighted by atomic mass is 9.98. The van der Waals surface area contributed by atoms with Gasteiger partial charge in [-0.3, -0.25) is 0 Å². The molecule has 4 rings (SSSR count). The van der Waals surface area contributed by atoms with E-state index < -0.39 is 6.36 Å². The Kier molecular flexibility index (Phi) is 4.36. The molecule has 1 N–H and O–H groups in total. The quantitative estimate of drug-likeness (QED) is 0.448. The second kappa shape index (κ2) is 6.83. The minimum Gasteiger partial charge on any atom is -0.406 e. The molecular formula is C22H16F3NO. The molecule has 0 saturated heterocycles. The van der Waals surface area contributed by atoms with E-state index in [0.717, 1.165) is 27.9 Å². The molecule has 27 heavy (non-hydrogen) atoms. The number of ether oxygens (including phenoxy) is 1. The van der Waals surface area contributed by atoms with Crippen molar-refractivity contribution in [1.29, 1.82) is 0 Å². The number of hydrogen-bond donors (Lipinski definition) is 1. The Morgan fingerprint density at radius 3 is 2.15 bits per heavy atom. The maximum absolute atomic E-state index is 12.6. The van der Waals surface area contributed by atoms with Gasteiger partial charge in [0, 0.05) is 28.6 Å². The molecular weight excluding hydrogens is 351 g/mol. The normalized spacial score (nSPS) is 11.7. The number of alkyl halides is 3. The predicted molar refractivity (Wildman–Crippen MR) is 99.7 cm³/mol. The fourth-order valence-electron chi connectivity index (χ4n) is 3.29. The molecule has 0 bridgehead atoms. The van der Waals surface area contributed by atoms with Gasteiger partial charge in [-0.25, -0.2) is 0 Å². The van der Waals surface area contributed by atoms with Crippen molar-refractivity contribution >= 4 is 10.9 Å². The summed E-state index contributed by atoms with van der Waals surface area (Å²) in [5.41, 5.74) is 4.68. The molecule has 0 unspecified atom stereocenters. The Morgan fingerprint density at radius 2 is 1.48 bits per heavy atom. The van der Waals surface area contributed by atoms with E-state index in [2.05, 4.69) is 9.72 Å². The van der Waals surface area contributed by atoms with Gasteiger partial charge in [-0.05, 0) is 29.3 Å². The monoisotopic (exact) mass is 367 g/mol. The van der Waals surface area contributed by atoms with Crippen molar-refractivity contribution in [3.63, 3.8) is 0 Å². The Labute approximate surface area is 154 Å². The highest BCUT2D eigenvalue weighted by atomic mass is 19.4. The van der Waals surface area contributed by atoms with Crippen LogP contribution in [0.1, 0.15) is 11.3 Å². The molecule has 0 spiro atoms. The average molecular weight is 367 g/mol. The predicted octanol–water partition coefficient (Wildman–Crippen LogP) is 6.32. The molecule has 0 radical (unpaired) electrons. The highest BCUT2D eigenvalue weighted by Crippen LogP contribution is 2.36. The van der Waals surface area contributed by atoms with Crippen LogP contribution in [0.4, 0.5) is 13.2 Å². The molecule has 4 aromatic rings. The second-order valence-corrected chi connectivity index (χ2v) is 6.26. The summed E-state index contributed by atoms with van der Waals surface area (Å²) in [6, 6.07) is 24.0. The Balaban J connectivity index is 1.86. The van der Waals surface area contributed by atoms with Gasteiger partial charge in [0.15, 0.2) is 0 Å². The third-order valence-corrected chi connectivity index (χ3v) is 4.37. The lowest BCUT2D eigenvalue weighted by molar-refractivity contribution is -0.274. The third kappa shape index (κ3) is 3.82. The number of fused-ring (bicyclic) bond motifs is 1. The summed E-state index contributed by atoms with van der Waals surface area (Å²) in [4.78, 5) is 3.36.